The van der Waals surface area contributed by atoms with Crippen LogP contribution in [-0.2, 0) is 54.5 Å². The van der Waals surface area contributed by atoms with Gasteiger partial charge in [-0.2, -0.15) is 0 Å². The minimum atomic E-state index is -2.83. The summed E-state index contributed by atoms with van der Waals surface area (Å²) in [6.45, 7) is 56.2. The van der Waals surface area contributed by atoms with Crippen LogP contribution in [0.1, 0.15) is 6.92 Å². The monoisotopic (exact) mass is 972 g/mol. The Labute approximate surface area is 343 Å². The topological polar surface area (TPSA) is 128 Å². The third-order valence-corrected chi connectivity index (χ3v) is 50.6. The molecule has 0 unspecified atom stereocenters. The summed E-state index contributed by atoms with van der Waals surface area (Å²) in [5.41, 5.74) is 0.333. The highest BCUT2D eigenvalue weighted by atomic mass is 28.5. The van der Waals surface area contributed by atoms with E-state index in [9.17, 15) is 4.79 Å². The summed E-state index contributed by atoms with van der Waals surface area (Å²) in [4.78, 5) is 12.2. The van der Waals surface area contributed by atoms with Crippen LogP contribution in [-0.4, -0.2) is 108 Å². The van der Waals surface area contributed by atoms with Crippen LogP contribution in [0.2, 0.25) is 164 Å². The summed E-state index contributed by atoms with van der Waals surface area (Å²) >= 11 is 0. The Kier molecular flexibility index (Phi) is 19.0. The van der Waals surface area contributed by atoms with Crippen molar-refractivity contribution >= 4 is 108 Å². The molecule has 322 valence electrons. The standard InChI is InChI=1S/C29H80O13Si12/c1-28(2)29(30)31-44(6,7)33-46(10,11)35-48(14,15)37-50(18,19)39-52(22,23)41-54(26,27)42-53(24,25)40-51(20,21)38-49(16,17)36-47(12,13)34-45(8,9)32-43(3,4)5/h1H2,2-27H3. The quantitative estimate of drug-likeness (QED) is 0.0673. The molecule has 0 amide bonds. The predicted octanol–water partition coefficient (Wildman–Crippen LogP) is 9.84. The van der Waals surface area contributed by atoms with Crippen LogP contribution in [0.3, 0.4) is 0 Å². The highest BCUT2D eigenvalue weighted by Crippen LogP contribution is 2.31. The van der Waals surface area contributed by atoms with Gasteiger partial charge < -0.3 is 49.7 Å². The zero-order valence-electron chi connectivity index (χ0n) is 39.0. The van der Waals surface area contributed by atoms with E-state index < -0.39 is 108 Å². The average Bonchev–Trinajstić information content (AvgIpc) is 2.66. The van der Waals surface area contributed by atoms with Crippen LogP contribution < -0.4 is 0 Å². The van der Waals surface area contributed by atoms with E-state index in [-0.39, 0.29) is 0 Å². The fraction of sp³-hybridized carbons (Fsp3) is 0.897. The third kappa shape index (κ3) is 25.1. The van der Waals surface area contributed by atoms with Crippen molar-refractivity contribution in [2.24, 2.45) is 0 Å². The number of hydrogen-bond donors (Lipinski definition) is 0. The summed E-state index contributed by atoms with van der Waals surface area (Å²) in [5.74, 6) is -0.456. The van der Waals surface area contributed by atoms with Gasteiger partial charge in [-0.05, 0) is 171 Å². The van der Waals surface area contributed by atoms with Crippen molar-refractivity contribution in [3.05, 3.63) is 12.2 Å². The van der Waals surface area contributed by atoms with Gasteiger partial charge in [0.2, 0.25) is 0 Å². The first-order valence-corrected chi connectivity index (χ1v) is 53.1. The second-order valence-electron chi connectivity index (χ2n) is 19.8. The first-order valence-electron chi connectivity index (χ1n) is 18.7. The molecule has 0 atom stereocenters. The summed E-state index contributed by atoms with van der Waals surface area (Å²) in [5, 5.41) is 0. The lowest BCUT2D eigenvalue weighted by atomic mass is 10.4. The first kappa shape index (κ1) is 55.4. The zero-order chi connectivity index (χ0) is 43.6. The molecule has 0 aromatic carbocycles. The maximum absolute atomic E-state index is 12.2. The van der Waals surface area contributed by atoms with Crippen LogP contribution >= 0.6 is 0 Å². The van der Waals surface area contributed by atoms with Crippen LogP contribution in [0, 0.1) is 0 Å². The van der Waals surface area contributed by atoms with Gasteiger partial charge in [0.05, 0.1) is 0 Å². The molecular formula is C29H80O13Si12. The fourth-order valence-corrected chi connectivity index (χ4v) is 66.7. The summed E-state index contributed by atoms with van der Waals surface area (Å²) in [7, 11) is -31.6. The van der Waals surface area contributed by atoms with Gasteiger partial charge in [0.1, 0.15) is 0 Å². The lowest BCUT2D eigenvalue weighted by Gasteiger charge is -2.45. The normalized spacial score (nSPS) is 15.4. The average molecular weight is 974 g/mol. The van der Waals surface area contributed by atoms with Crippen LogP contribution in [0.4, 0.5) is 0 Å². The molecule has 0 aliphatic rings. The molecule has 0 aliphatic carbocycles. The van der Waals surface area contributed by atoms with Crippen molar-refractivity contribution in [2.45, 2.75) is 171 Å². The molecule has 0 rings (SSSR count). The van der Waals surface area contributed by atoms with E-state index in [0.29, 0.717) is 5.57 Å². The maximum atomic E-state index is 12.2. The lowest BCUT2D eigenvalue weighted by molar-refractivity contribution is -0.131. The summed E-state index contributed by atoms with van der Waals surface area (Å²) in [6.07, 6.45) is 0. The van der Waals surface area contributed by atoms with Crippen molar-refractivity contribution in [1.29, 1.82) is 0 Å². The molecule has 54 heavy (non-hydrogen) atoms. The maximum Gasteiger partial charge on any atom is 0.386 e. The smallest absolute Gasteiger partial charge is 0.386 e. The Balaban J connectivity index is 5.61. The Morgan fingerprint density at radius 3 is 0.593 bits per heavy atom. The van der Waals surface area contributed by atoms with Crippen molar-refractivity contribution in [3.63, 3.8) is 0 Å². The van der Waals surface area contributed by atoms with E-state index in [4.69, 9.17) is 49.7 Å². The first-order chi connectivity index (χ1) is 23.1. The number of hydrogen-bond acceptors (Lipinski definition) is 13. The molecule has 0 saturated heterocycles. The largest absolute Gasteiger partial charge is 0.492 e. The molecule has 13 nitrogen and oxygen atoms in total. The van der Waals surface area contributed by atoms with E-state index in [0.717, 1.165) is 0 Å². The van der Waals surface area contributed by atoms with Crippen LogP contribution in [0.5, 0.6) is 0 Å². The van der Waals surface area contributed by atoms with Gasteiger partial charge in [-0.1, -0.05) is 6.58 Å². The number of carbonyl (C=O) groups excluding carboxylic acids is 1. The lowest BCUT2D eigenvalue weighted by Crippen LogP contribution is -2.62. The van der Waals surface area contributed by atoms with Crippen molar-refractivity contribution in [2.75, 3.05) is 0 Å². The highest BCUT2D eigenvalue weighted by Gasteiger charge is 2.51. The molecular weight excluding hydrogens is 893 g/mol. The molecule has 0 radical (unpaired) electrons. The van der Waals surface area contributed by atoms with E-state index in [1.807, 2.05) is 91.7 Å². The molecule has 25 heteroatoms. The molecule has 0 spiro atoms. The van der Waals surface area contributed by atoms with E-state index in [2.05, 4.69) is 78.6 Å². The zero-order valence-corrected chi connectivity index (χ0v) is 51.0. The second-order valence-corrected chi connectivity index (χ2v) is 64.0. The van der Waals surface area contributed by atoms with Crippen LogP contribution in [0.15, 0.2) is 12.2 Å². The minimum absolute atomic E-state index is 0.333. The van der Waals surface area contributed by atoms with Crippen LogP contribution in [0.25, 0.3) is 0 Å². The van der Waals surface area contributed by atoms with E-state index >= 15 is 0 Å². The van der Waals surface area contributed by atoms with Crippen molar-refractivity contribution in [3.8, 4) is 0 Å². The number of rotatable bonds is 24. The Morgan fingerprint density at radius 2 is 0.444 bits per heavy atom. The second kappa shape index (κ2) is 18.6. The molecule has 0 aromatic rings. The Bertz CT molecular complexity index is 1280. The molecule has 0 N–H and O–H groups in total. The van der Waals surface area contributed by atoms with E-state index in [1.165, 1.54) is 0 Å². The molecule has 0 saturated carbocycles. The van der Waals surface area contributed by atoms with Gasteiger partial charge in [-0.15, -0.1) is 0 Å². The van der Waals surface area contributed by atoms with Gasteiger partial charge >= 0.3 is 100 Å². The Morgan fingerprint density at radius 1 is 0.296 bits per heavy atom. The molecule has 0 aliphatic heterocycles. The summed E-state index contributed by atoms with van der Waals surface area (Å²) < 4.78 is 79.0. The van der Waals surface area contributed by atoms with Gasteiger partial charge in [0, 0.05) is 5.57 Å². The fourth-order valence-electron chi connectivity index (χ4n) is 7.20. The minimum Gasteiger partial charge on any atom is -0.492 e. The van der Waals surface area contributed by atoms with Gasteiger partial charge in [-0.3, -0.25) is 0 Å². The third-order valence-electron chi connectivity index (χ3n) is 6.15. The van der Waals surface area contributed by atoms with Gasteiger partial charge in [0.25, 0.3) is 0 Å². The molecule has 0 bridgehead atoms. The molecule has 0 fully saturated rings. The molecule has 0 heterocycles. The molecule has 0 aromatic heterocycles. The predicted molar refractivity (Wildman–Crippen MR) is 248 cm³/mol. The highest BCUT2D eigenvalue weighted by molar-refractivity contribution is 6.93. The van der Waals surface area contributed by atoms with Gasteiger partial charge in [-0.25, -0.2) is 4.79 Å². The SMILES string of the molecule is C=C(C)C(=O)O[Si](C)(C)O[Si](C)(C)O[Si](C)(C)O[Si](C)(C)O[Si](C)(C)O[Si](C)(C)O[Si](C)(C)O[Si](C)(C)O[Si](C)(C)O[Si](C)(C)O[Si](C)(C)O[Si](C)(C)C. The Hall–Kier alpha value is 1.37. The van der Waals surface area contributed by atoms with Crippen molar-refractivity contribution < 1.29 is 54.5 Å². The number of carbonyl (C=O) groups is 1. The van der Waals surface area contributed by atoms with E-state index in [1.54, 1.807) is 6.92 Å². The van der Waals surface area contributed by atoms with Crippen molar-refractivity contribution in [1.82, 2.24) is 0 Å². The summed E-state index contributed by atoms with van der Waals surface area (Å²) in [6, 6.07) is 0. The van der Waals surface area contributed by atoms with Gasteiger partial charge in [0.15, 0.2) is 8.32 Å².